The summed E-state index contributed by atoms with van der Waals surface area (Å²) in [5, 5.41) is 15.3. The molecule has 2 aromatic rings. The molecule has 0 radical (unpaired) electrons. The lowest BCUT2D eigenvalue weighted by atomic mass is 10.1. The maximum absolute atomic E-state index is 11.3. The Hall–Kier alpha value is -2.76. The van der Waals surface area contributed by atoms with Crippen molar-refractivity contribution in [3.63, 3.8) is 0 Å². The number of nitrogens with zero attached hydrogens (tertiary/aromatic N) is 3. The van der Waals surface area contributed by atoms with Crippen LogP contribution < -0.4 is 15.4 Å². The van der Waals surface area contributed by atoms with Crippen LogP contribution in [0, 0.1) is 0 Å². The van der Waals surface area contributed by atoms with Gasteiger partial charge in [-0.3, -0.25) is 4.79 Å². The highest BCUT2D eigenvalue weighted by Crippen LogP contribution is 2.16. The summed E-state index contributed by atoms with van der Waals surface area (Å²) in [5.74, 6) is 1.53. The minimum Gasteiger partial charge on any atom is -0.483 e. The second kappa shape index (κ2) is 11.4. The van der Waals surface area contributed by atoms with Crippen molar-refractivity contribution in [3.05, 3.63) is 41.6 Å². The number of rotatable bonds is 7. The zero-order valence-corrected chi connectivity index (χ0v) is 17.6. The van der Waals surface area contributed by atoms with Crippen molar-refractivity contribution in [3.8, 4) is 0 Å². The number of benzene rings is 1. The van der Waals surface area contributed by atoms with Gasteiger partial charge in [0.25, 0.3) is 6.47 Å². The van der Waals surface area contributed by atoms with Crippen molar-refractivity contribution in [2.75, 3.05) is 43.1 Å². The molecule has 0 amide bonds. The largest absolute Gasteiger partial charge is 0.483 e. The van der Waals surface area contributed by atoms with E-state index in [1.54, 1.807) is 12.1 Å². The molecule has 1 saturated heterocycles. The van der Waals surface area contributed by atoms with Crippen molar-refractivity contribution in [1.82, 2.24) is 9.97 Å². The molecule has 1 aliphatic heterocycles. The van der Waals surface area contributed by atoms with Crippen LogP contribution in [0.4, 0.5) is 11.8 Å². The highest BCUT2D eigenvalue weighted by Gasteiger charge is 2.15. The number of sulfonamides is 1. The summed E-state index contributed by atoms with van der Waals surface area (Å²) in [7, 11) is -3.65. The molecule has 0 unspecified atom stereocenters. The molecule has 0 atom stereocenters. The Bertz CT molecular complexity index is 915. The number of primary sulfonamides is 1. The third-order valence-corrected chi connectivity index (χ3v) is 5.32. The molecule has 10 nitrogen and oxygen atoms in total. The van der Waals surface area contributed by atoms with E-state index in [1.807, 2.05) is 6.07 Å². The van der Waals surface area contributed by atoms with Gasteiger partial charge < -0.3 is 20.1 Å². The molecule has 164 valence electrons. The van der Waals surface area contributed by atoms with Crippen LogP contribution in [0.5, 0.6) is 0 Å². The highest BCUT2D eigenvalue weighted by atomic mass is 32.2. The maximum atomic E-state index is 11.3. The van der Waals surface area contributed by atoms with Gasteiger partial charge in [-0.05, 0) is 30.5 Å². The van der Waals surface area contributed by atoms with Crippen LogP contribution in [0.25, 0.3) is 0 Å². The van der Waals surface area contributed by atoms with Gasteiger partial charge in [0.2, 0.25) is 16.0 Å². The normalized spacial score (nSPS) is 13.9. The van der Waals surface area contributed by atoms with Gasteiger partial charge in [0, 0.05) is 31.4 Å². The first-order valence-corrected chi connectivity index (χ1v) is 11.1. The van der Waals surface area contributed by atoms with E-state index in [2.05, 4.69) is 27.1 Å². The van der Waals surface area contributed by atoms with Crippen molar-refractivity contribution in [1.29, 1.82) is 0 Å². The number of nitrogens with two attached hydrogens (primary N) is 1. The van der Waals surface area contributed by atoms with Gasteiger partial charge in [0.15, 0.2) is 0 Å². The van der Waals surface area contributed by atoms with Crippen molar-refractivity contribution < 1.29 is 23.1 Å². The Morgan fingerprint density at radius 2 is 1.87 bits per heavy atom. The minimum atomic E-state index is -3.65. The zero-order valence-electron chi connectivity index (χ0n) is 16.8. The predicted molar refractivity (Wildman–Crippen MR) is 113 cm³/mol. The lowest BCUT2D eigenvalue weighted by Gasteiger charge is -2.27. The van der Waals surface area contributed by atoms with Crippen LogP contribution in [0.3, 0.4) is 0 Å². The molecule has 1 fully saturated rings. The summed E-state index contributed by atoms with van der Waals surface area (Å²) in [5.41, 5.74) is 2.01. The first-order chi connectivity index (χ1) is 14.4. The Labute approximate surface area is 176 Å². The number of hydrogen-bond acceptors (Lipinski definition) is 8. The Morgan fingerprint density at radius 3 is 2.43 bits per heavy atom. The van der Waals surface area contributed by atoms with Crippen LogP contribution >= 0.6 is 0 Å². The second-order valence-electron chi connectivity index (χ2n) is 6.47. The summed E-state index contributed by atoms with van der Waals surface area (Å²) in [6.45, 7) is 5.47. The predicted octanol–water partition coefficient (Wildman–Crippen LogP) is 0.878. The third-order valence-electron chi connectivity index (χ3n) is 4.40. The lowest BCUT2D eigenvalue weighted by Crippen LogP contribution is -2.37. The van der Waals surface area contributed by atoms with E-state index < -0.39 is 10.0 Å². The number of aromatic nitrogens is 2. The minimum absolute atomic E-state index is 0.123. The fourth-order valence-corrected chi connectivity index (χ4v) is 3.36. The van der Waals surface area contributed by atoms with Crippen LogP contribution in [-0.4, -0.2) is 62.8 Å². The van der Waals surface area contributed by atoms with Gasteiger partial charge in [-0.2, -0.15) is 4.98 Å². The molecule has 1 aromatic carbocycles. The number of ether oxygens (including phenoxy) is 1. The van der Waals surface area contributed by atoms with Crippen LogP contribution in [-0.2, 0) is 32.4 Å². The first kappa shape index (κ1) is 23.5. The fraction of sp³-hybridized carbons (Fsp3) is 0.421. The second-order valence-corrected chi connectivity index (χ2v) is 8.03. The summed E-state index contributed by atoms with van der Waals surface area (Å²) in [4.78, 5) is 19.9. The average Bonchev–Trinajstić information content (AvgIpc) is 2.74. The van der Waals surface area contributed by atoms with Gasteiger partial charge in [-0.25, -0.2) is 18.5 Å². The van der Waals surface area contributed by atoms with Crippen molar-refractivity contribution in [2.45, 2.75) is 24.7 Å². The summed E-state index contributed by atoms with van der Waals surface area (Å²) >= 11 is 0. The van der Waals surface area contributed by atoms with E-state index in [-0.39, 0.29) is 11.4 Å². The molecular formula is C19H27N5O5S. The standard InChI is InChI=1S/C18H25N5O3S.CH2O2/c1-2-15-13-17(22-18(21-15)23-9-11-26-12-10-23)20-8-7-14-3-5-16(6-4-14)27(19,24)25;2-1-3/h3-6,13H,2,7-12H2,1H3,(H2,19,24,25)(H,20,21,22);1H,(H,2,3). The quantitative estimate of drug-likeness (QED) is 0.537. The molecule has 11 heteroatoms. The molecule has 0 aliphatic carbocycles. The van der Waals surface area contributed by atoms with E-state index in [1.165, 1.54) is 12.1 Å². The number of nitrogens with one attached hydrogen (secondary N) is 1. The molecule has 0 bridgehead atoms. The Morgan fingerprint density at radius 1 is 1.23 bits per heavy atom. The Kier molecular flexibility index (Phi) is 8.96. The van der Waals surface area contributed by atoms with Gasteiger partial charge in [-0.15, -0.1) is 0 Å². The van der Waals surface area contributed by atoms with Gasteiger partial charge >= 0.3 is 0 Å². The summed E-state index contributed by atoms with van der Waals surface area (Å²) in [6.07, 6.45) is 1.58. The number of carboxylic acid groups (broad SMARTS) is 1. The monoisotopic (exact) mass is 437 g/mol. The highest BCUT2D eigenvalue weighted by molar-refractivity contribution is 7.89. The van der Waals surface area contributed by atoms with E-state index in [0.29, 0.717) is 19.8 Å². The van der Waals surface area contributed by atoms with Crippen molar-refractivity contribution >= 4 is 28.3 Å². The van der Waals surface area contributed by atoms with Crippen LogP contribution in [0.2, 0.25) is 0 Å². The molecule has 1 aromatic heterocycles. The van der Waals surface area contributed by atoms with Gasteiger partial charge in [-0.1, -0.05) is 19.1 Å². The smallest absolute Gasteiger partial charge is 0.290 e. The van der Waals surface area contributed by atoms with E-state index in [0.717, 1.165) is 49.0 Å². The zero-order chi connectivity index (χ0) is 22.0. The fourth-order valence-electron chi connectivity index (χ4n) is 2.84. The molecule has 0 spiro atoms. The first-order valence-electron chi connectivity index (χ1n) is 9.51. The number of aryl methyl sites for hydroxylation is 1. The molecular weight excluding hydrogens is 410 g/mol. The third kappa shape index (κ3) is 7.25. The van der Waals surface area contributed by atoms with Gasteiger partial charge in [0.1, 0.15) is 5.82 Å². The molecule has 1 aliphatic rings. The maximum Gasteiger partial charge on any atom is 0.290 e. The Balaban J connectivity index is 0.00000101. The van der Waals surface area contributed by atoms with E-state index in [9.17, 15) is 8.42 Å². The molecule has 0 saturated carbocycles. The molecule has 3 rings (SSSR count). The number of anilines is 2. The molecule has 2 heterocycles. The molecule has 30 heavy (non-hydrogen) atoms. The SMILES string of the molecule is CCc1cc(NCCc2ccc(S(N)(=O)=O)cc2)nc(N2CCOCC2)n1.O=CO. The summed E-state index contributed by atoms with van der Waals surface area (Å²) in [6, 6.07) is 8.58. The lowest BCUT2D eigenvalue weighted by molar-refractivity contribution is -0.122. The van der Waals surface area contributed by atoms with Crippen LogP contribution in [0.1, 0.15) is 18.2 Å². The van der Waals surface area contributed by atoms with E-state index >= 15 is 0 Å². The number of morpholine rings is 1. The topological polar surface area (TPSA) is 148 Å². The average molecular weight is 438 g/mol. The molecule has 4 N–H and O–H groups in total. The van der Waals surface area contributed by atoms with Crippen molar-refractivity contribution in [2.24, 2.45) is 5.14 Å². The van der Waals surface area contributed by atoms with E-state index in [4.69, 9.17) is 19.8 Å². The number of carbonyl (C=O) groups is 1. The van der Waals surface area contributed by atoms with Gasteiger partial charge in [0.05, 0.1) is 18.1 Å². The summed E-state index contributed by atoms with van der Waals surface area (Å²) < 4.78 is 28.0. The number of hydrogen-bond donors (Lipinski definition) is 3. The van der Waals surface area contributed by atoms with Crippen LogP contribution in [0.15, 0.2) is 35.2 Å².